The van der Waals surface area contributed by atoms with Gasteiger partial charge in [-0.2, -0.15) is 0 Å². The summed E-state index contributed by atoms with van der Waals surface area (Å²) in [5, 5.41) is 39.1. The van der Waals surface area contributed by atoms with E-state index in [-0.39, 0.29) is 6.42 Å². The number of nitrogens with one attached hydrogen (secondary N) is 5. The number of carbonyl (C=O) groups is 8. The van der Waals surface area contributed by atoms with Gasteiger partial charge in [0.25, 0.3) is 0 Å². The van der Waals surface area contributed by atoms with E-state index in [1.54, 1.807) is 0 Å². The Balaban J connectivity index is 5.21. The molecule has 0 aliphatic rings. The molecule has 19 heteroatoms. The second-order valence-corrected chi connectivity index (χ2v) is 9.35. The molecular weight excluding hydrogens is 564 g/mol. The van der Waals surface area contributed by atoms with Gasteiger partial charge in [-0.3, -0.25) is 33.6 Å². The second-order valence-electron chi connectivity index (χ2n) is 9.35. The van der Waals surface area contributed by atoms with E-state index in [9.17, 15) is 48.6 Å². The number of aliphatic hydroxyl groups is 1. The van der Waals surface area contributed by atoms with Gasteiger partial charge in [0.05, 0.1) is 31.5 Å². The highest BCUT2D eigenvalue weighted by Crippen LogP contribution is 2.03. The van der Waals surface area contributed by atoms with Crippen molar-refractivity contribution in [3.63, 3.8) is 0 Å². The molecule has 0 spiro atoms. The number of primary amides is 1. The molecule has 0 aromatic carbocycles. The average molecular weight is 605 g/mol. The minimum Gasteiger partial charge on any atom is -0.481 e. The number of aliphatic hydroxyl groups excluding tert-OH is 1. The fraction of sp³-hybridized carbons (Fsp3) is 0.652. The molecule has 42 heavy (non-hydrogen) atoms. The van der Waals surface area contributed by atoms with E-state index in [0.717, 1.165) is 6.92 Å². The molecule has 0 aromatic heterocycles. The molecule has 6 atom stereocenters. The largest absolute Gasteiger partial charge is 0.481 e. The topological polar surface area (TPSA) is 335 Å². The van der Waals surface area contributed by atoms with Crippen LogP contribution in [-0.2, 0) is 38.4 Å². The monoisotopic (exact) mass is 604 g/mol. The molecule has 0 heterocycles. The molecule has 14 N–H and O–H groups in total. The fourth-order valence-corrected chi connectivity index (χ4v) is 3.31. The van der Waals surface area contributed by atoms with Crippen LogP contribution in [0.1, 0.15) is 46.0 Å². The number of hydrogen-bond acceptors (Lipinski definition) is 11. The van der Waals surface area contributed by atoms with Crippen LogP contribution in [-0.4, -0.2) is 112 Å². The summed E-state index contributed by atoms with van der Waals surface area (Å²) < 4.78 is 0. The lowest BCUT2D eigenvalue weighted by molar-refractivity contribution is -0.143. The third-order valence-electron chi connectivity index (χ3n) is 5.59. The Morgan fingerprint density at radius 2 is 1.36 bits per heavy atom. The van der Waals surface area contributed by atoms with Gasteiger partial charge in [0, 0.05) is 0 Å². The molecule has 0 radical (unpaired) electrons. The van der Waals surface area contributed by atoms with Crippen molar-refractivity contribution >= 4 is 47.4 Å². The van der Waals surface area contributed by atoms with Crippen molar-refractivity contribution in [1.82, 2.24) is 26.6 Å². The molecule has 0 fully saturated rings. The van der Waals surface area contributed by atoms with E-state index in [1.165, 1.54) is 6.92 Å². The van der Waals surface area contributed by atoms with Gasteiger partial charge in [-0.05, 0) is 39.7 Å². The molecule has 0 aliphatic heterocycles. The van der Waals surface area contributed by atoms with E-state index >= 15 is 0 Å². The molecule has 6 amide bonds. The zero-order valence-electron chi connectivity index (χ0n) is 23.3. The number of carbonyl (C=O) groups excluding carboxylic acids is 6. The summed E-state index contributed by atoms with van der Waals surface area (Å²) in [6, 6.07) is -7.30. The minimum atomic E-state index is -1.71. The first kappa shape index (κ1) is 37.6. The molecular formula is C23H40N8O11. The van der Waals surface area contributed by atoms with Crippen molar-refractivity contribution in [2.45, 2.75) is 82.3 Å². The third kappa shape index (κ3) is 14.9. The van der Waals surface area contributed by atoms with Crippen LogP contribution in [0.4, 0.5) is 0 Å². The van der Waals surface area contributed by atoms with Crippen LogP contribution < -0.4 is 43.8 Å². The van der Waals surface area contributed by atoms with Gasteiger partial charge in [-0.15, -0.1) is 0 Å². The molecule has 0 saturated carbocycles. The summed E-state index contributed by atoms with van der Waals surface area (Å²) in [4.78, 5) is 95.5. The van der Waals surface area contributed by atoms with Gasteiger partial charge in [-0.25, -0.2) is 4.79 Å². The van der Waals surface area contributed by atoms with Crippen LogP contribution in [0, 0.1) is 0 Å². The van der Waals surface area contributed by atoms with Crippen LogP contribution in [0.5, 0.6) is 0 Å². The van der Waals surface area contributed by atoms with Crippen LogP contribution in [0.15, 0.2) is 0 Å². The van der Waals surface area contributed by atoms with Gasteiger partial charge in [0.2, 0.25) is 35.4 Å². The second kappa shape index (κ2) is 18.9. The van der Waals surface area contributed by atoms with Crippen LogP contribution in [0.3, 0.4) is 0 Å². The number of amides is 6. The van der Waals surface area contributed by atoms with Crippen molar-refractivity contribution in [1.29, 1.82) is 0 Å². The number of carboxylic acids is 2. The molecule has 0 aliphatic carbocycles. The quantitative estimate of drug-likeness (QED) is 0.0578. The lowest BCUT2D eigenvalue weighted by atomic mass is 10.1. The van der Waals surface area contributed by atoms with Crippen LogP contribution in [0.25, 0.3) is 0 Å². The van der Waals surface area contributed by atoms with Crippen molar-refractivity contribution in [3.05, 3.63) is 0 Å². The Bertz CT molecular complexity index is 1010. The smallest absolute Gasteiger partial charge is 0.326 e. The SMILES string of the molecule is C[C@H](NC(=O)[C@@H](N)CC(N)=O)C(=O)N[C@@H](CC(=O)O)C(=O)NCC(=O)N[C@H](C(=O)N[C@@H](CCCCN)C(=O)O)[C@@H](C)O. The third-order valence-corrected chi connectivity index (χ3v) is 5.59. The number of hydrogen-bond donors (Lipinski definition) is 11. The minimum absolute atomic E-state index is 0.0496. The van der Waals surface area contributed by atoms with Gasteiger partial charge in [0.1, 0.15) is 24.2 Å². The van der Waals surface area contributed by atoms with Crippen molar-refractivity contribution in [3.8, 4) is 0 Å². The van der Waals surface area contributed by atoms with Gasteiger partial charge < -0.3 is 59.1 Å². The number of unbranched alkanes of at least 4 members (excludes halogenated alkanes) is 1. The molecule has 0 unspecified atom stereocenters. The lowest BCUT2D eigenvalue weighted by Gasteiger charge is -2.24. The Kier molecular flexibility index (Phi) is 16.9. The van der Waals surface area contributed by atoms with Crippen LogP contribution >= 0.6 is 0 Å². The Morgan fingerprint density at radius 1 is 0.762 bits per heavy atom. The highest BCUT2D eigenvalue weighted by Gasteiger charge is 2.31. The normalized spacial score (nSPS) is 15.0. The zero-order valence-corrected chi connectivity index (χ0v) is 23.3. The summed E-state index contributed by atoms with van der Waals surface area (Å²) in [5.74, 6) is -8.73. The predicted molar refractivity (Wildman–Crippen MR) is 143 cm³/mol. The Hall–Kier alpha value is -4.36. The summed E-state index contributed by atoms with van der Waals surface area (Å²) >= 11 is 0. The van der Waals surface area contributed by atoms with E-state index in [1.807, 2.05) is 0 Å². The molecule has 0 bridgehead atoms. The number of nitrogens with two attached hydrogens (primary N) is 3. The molecule has 238 valence electrons. The van der Waals surface area contributed by atoms with E-state index in [2.05, 4.69) is 26.6 Å². The number of aliphatic carboxylic acids is 2. The standard InChI is InChI=1S/C23H40N8O11/c1-10(28-20(38)12(25)7-15(26)33)19(37)30-14(8-17(35)36)21(39)27-9-16(34)31-18(11(2)32)22(40)29-13(23(41)42)5-3-4-6-24/h10-14,18,32H,3-9,24-25H2,1-2H3,(H2,26,33)(H,27,39)(H,28,38)(H,29,40)(H,30,37)(H,31,34)(H,35,36)(H,41,42)/t10-,11+,12-,13-,14-,18-/m0/s1. The van der Waals surface area contributed by atoms with E-state index < -0.39 is 103 Å². The Morgan fingerprint density at radius 3 is 1.86 bits per heavy atom. The summed E-state index contributed by atoms with van der Waals surface area (Å²) in [7, 11) is 0. The summed E-state index contributed by atoms with van der Waals surface area (Å²) in [6.45, 7) is 1.85. The lowest BCUT2D eigenvalue weighted by Crippen LogP contribution is -2.58. The molecule has 0 rings (SSSR count). The highest BCUT2D eigenvalue weighted by atomic mass is 16.4. The first-order valence-corrected chi connectivity index (χ1v) is 12.8. The first-order chi connectivity index (χ1) is 19.5. The van der Waals surface area contributed by atoms with Crippen molar-refractivity contribution in [2.24, 2.45) is 17.2 Å². The molecule has 19 nitrogen and oxygen atoms in total. The maximum absolute atomic E-state index is 12.6. The van der Waals surface area contributed by atoms with Gasteiger partial charge in [0.15, 0.2) is 0 Å². The molecule has 0 saturated heterocycles. The van der Waals surface area contributed by atoms with Gasteiger partial charge in [-0.1, -0.05) is 0 Å². The molecule has 0 aromatic rings. The number of rotatable bonds is 20. The average Bonchev–Trinajstić information content (AvgIpc) is 2.88. The maximum Gasteiger partial charge on any atom is 0.326 e. The first-order valence-electron chi connectivity index (χ1n) is 12.8. The predicted octanol–water partition coefficient (Wildman–Crippen LogP) is -5.67. The van der Waals surface area contributed by atoms with Crippen molar-refractivity contribution in [2.75, 3.05) is 13.1 Å². The van der Waals surface area contributed by atoms with Gasteiger partial charge >= 0.3 is 11.9 Å². The Labute approximate surface area is 240 Å². The number of carboxylic acid groups (broad SMARTS) is 2. The summed E-state index contributed by atoms with van der Waals surface area (Å²) in [5.41, 5.74) is 15.8. The van der Waals surface area contributed by atoms with E-state index in [0.29, 0.717) is 19.4 Å². The van der Waals surface area contributed by atoms with E-state index in [4.69, 9.17) is 22.3 Å². The highest BCUT2D eigenvalue weighted by molar-refractivity contribution is 5.96. The summed E-state index contributed by atoms with van der Waals surface area (Å²) in [6.07, 6.45) is -1.94. The van der Waals surface area contributed by atoms with Crippen LogP contribution in [0.2, 0.25) is 0 Å². The zero-order chi connectivity index (χ0) is 32.6. The fourth-order valence-electron chi connectivity index (χ4n) is 3.31. The van der Waals surface area contributed by atoms with Crippen molar-refractivity contribution < 1.29 is 53.7 Å². The maximum atomic E-state index is 12.6.